The molecule has 80 valence electrons. The van der Waals surface area contributed by atoms with Crippen LogP contribution in [0.2, 0.25) is 0 Å². The van der Waals surface area contributed by atoms with Gasteiger partial charge in [-0.3, -0.25) is 0 Å². The smallest absolute Gasteiger partial charge is 0.202 e. The van der Waals surface area contributed by atoms with Crippen LogP contribution in [0, 0.1) is 5.92 Å². The average molecular weight is 196 g/mol. The maximum absolute atomic E-state index is 4.24. The number of aromatic amines is 1. The van der Waals surface area contributed by atoms with Gasteiger partial charge in [-0.15, -0.1) is 0 Å². The van der Waals surface area contributed by atoms with Crippen LogP contribution in [-0.4, -0.2) is 30.6 Å². The van der Waals surface area contributed by atoms with Gasteiger partial charge < -0.3 is 15.2 Å². The van der Waals surface area contributed by atoms with E-state index in [4.69, 9.17) is 0 Å². The van der Waals surface area contributed by atoms with Crippen molar-refractivity contribution >= 4 is 5.95 Å². The van der Waals surface area contributed by atoms with Crippen LogP contribution in [0.25, 0.3) is 0 Å². The Labute approximate surface area is 85.7 Å². The fourth-order valence-electron chi connectivity index (χ4n) is 1.16. The topological polar surface area (TPSA) is 44.0 Å². The predicted octanol–water partition coefficient (Wildman–Crippen LogP) is 1.22. The van der Waals surface area contributed by atoms with E-state index < -0.39 is 0 Å². The van der Waals surface area contributed by atoms with Crippen LogP contribution in [0.5, 0.6) is 0 Å². The normalized spacial score (nSPS) is 10.9. The van der Waals surface area contributed by atoms with Gasteiger partial charge in [-0.1, -0.05) is 13.8 Å². The number of rotatable bonds is 5. The zero-order valence-electron chi connectivity index (χ0n) is 9.46. The number of H-pyrrole nitrogens is 1. The molecule has 1 rings (SSSR count). The van der Waals surface area contributed by atoms with Crippen molar-refractivity contribution in [1.29, 1.82) is 0 Å². The summed E-state index contributed by atoms with van der Waals surface area (Å²) in [5.74, 6) is 1.59. The van der Waals surface area contributed by atoms with Gasteiger partial charge in [0.1, 0.15) is 0 Å². The van der Waals surface area contributed by atoms with Crippen molar-refractivity contribution in [1.82, 2.24) is 15.3 Å². The highest BCUT2D eigenvalue weighted by Gasteiger charge is 2.01. The molecule has 1 heterocycles. The van der Waals surface area contributed by atoms with Crippen molar-refractivity contribution < 1.29 is 0 Å². The van der Waals surface area contributed by atoms with Gasteiger partial charge in [0.05, 0.1) is 11.9 Å². The first-order valence-electron chi connectivity index (χ1n) is 5.01. The highest BCUT2D eigenvalue weighted by molar-refractivity contribution is 5.28. The average Bonchev–Trinajstić information content (AvgIpc) is 2.52. The van der Waals surface area contributed by atoms with E-state index in [1.807, 2.05) is 25.2 Å². The van der Waals surface area contributed by atoms with Crippen molar-refractivity contribution in [2.24, 2.45) is 5.92 Å². The molecule has 14 heavy (non-hydrogen) atoms. The molecule has 0 aliphatic carbocycles. The number of hydrogen-bond acceptors (Lipinski definition) is 3. The molecule has 0 spiro atoms. The van der Waals surface area contributed by atoms with Crippen molar-refractivity contribution in [2.45, 2.75) is 20.4 Å². The summed E-state index contributed by atoms with van der Waals surface area (Å²) in [7, 11) is 3.95. The zero-order chi connectivity index (χ0) is 10.6. The minimum absolute atomic E-state index is 0.686. The Hall–Kier alpha value is -1.03. The first-order valence-corrected chi connectivity index (χ1v) is 5.01. The van der Waals surface area contributed by atoms with Gasteiger partial charge in [0, 0.05) is 20.6 Å². The number of nitrogens with one attached hydrogen (secondary N) is 2. The fraction of sp³-hybridized carbons (Fsp3) is 0.700. The molecule has 0 aromatic carbocycles. The Morgan fingerprint density at radius 1 is 1.50 bits per heavy atom. The van der Waals surface area contributed by atoms with Crippen molar-refractivity contribution in [3.63, 3.8) is 0 Å². The van der Waals surface area contributed by atoms with E-state index >= 15 is 0 Å². The van der Waals surface area contributed by atoms with E-state index in [1.54, 1.807) is 0 Å². The Kier molecular flexibility index (Phi) is 3.95. The second-order valence-corrected chi connectivity index (χ2v) is 4.15. The van der Waals surface area contributed by atoms with Gasteiger partial charge in [0.25, 0.3) is 0 Å². The monoisotopic (exact) mass is 196 g/mol. The van der Waals surface area contributed by atoms with Crippen LogP contribution in [0.15, 0.2) is 6.20 Å². The lowest BCUT2D eigenvalue weighted by Gasteiger charge is -2.07. The minimum atomic E-state index is 0.686. The molecule has 0 amide bonds. The summed E-state index contributed by atoms with van der Waals surface area (Å²) in [4.78, 5) is 9.45. The molecule has 1 aromatic rings. The van der Waals surface area contributed by atoms with Crippen molar-refractivity contribution in [3.05, 3.63) is 11.9 Å². The van der Waals surface area contributed by atoms with Crippen molar-refractivity contribution in [3.8, 4) is 0 Å². The van der Waals surface area contributed by atoms with E-state index in [0.717, 1.165) is 24.7 Å². The number of aromatic nitrogens is 2. The summed E-state index contributed by atoms with van der Waals surface area (Å²) in [6.45, 7) is 6.30. The highest BCUT2D eigenvalue weighted by atomic mass is 15.2. The lowest BCUT2D eigenvalue weighted by atomic mass is 10.2. The second-order valence-electron chi connectivity index (χ2n) is 4.15. The van der Waals surface area contributed by atoms with Gasteiger partial charge in [-0.25, -0.2) is 4.98 Å². The van der Waals surface area contributed by atoms with Gasteiger partial charge >= 0.3 is 0 Å². The summed E-state index contributed by atoms with van der Waals surface area (Å²) >= 11 is 0. The molecule has 1 aromatic heterocycles. The summed E-state index contributed by atoms with van der Waals surface area (Å²) in [5, 5.41) is 3.36. The molecule has 0 aliphatic heterocycles. The third-order valence-corrected chi connectivity index (χ3v) is 1.91. The maximum atomic E-state index is 4.24. The number of nitrogens with zero attached hydrogens (tertiary/aromatic N) is 2. The number of hydrogen-bond donors (Lipinski definition) is 2. The molecule has 2 N–H and O–H groups in total. The first-order chi connectivity index (χ1) is 6.59. The molecule has 0 bridgehead atoms. The van der Waals surface area contributed by atoms with Crippen LogP contribution in [0.4, 0.5) is 5.95 Å². The molecular weight excluding hydrogens is 176 g/mol. The SMILES string of the molecule is CC(C)CNCc1cnc(N(C)C)[nH]1. The summed E-state index contributed by atoms with van der Waals surface area (Å²) < 4.78 is 0. The van der Waals surface area contributed by atoms with Crippen molar-refractivity contribution in [2.75, 3.05) is 25.5 Å². The molecule has 0 fully saturated rings. The molecule has 4 nitrogen and oxygen atoms in total. The second kappa shape index (κ2) is 5.00. The van der Waals surface area contributed by atoms with Gasteiger partial charge in [0.15, 0.2) is 0 Å². The van der Waals surface area contributed by atoms with Crippen LogP contribution in [0.3, 0.4) is 0 Å². The molecule has 0 aliphatic rings. The van der Waals surface area contributed by atoms with E-state index in [2.05, 4.69) is 29.1 Å². The number of anilines is 1. The van der Waals surface area contributed by atoms with Crippen LogP contribution >= 0.6 is 0 Å². The largest absolute Gasteiger partial charge is 0.349 e. The summed E-state index contributed by atoms with van der Waals surface area (Å²) in [5.41, 5.74) is 1.13. The Morgan fingerprint density at radius 2 is 2.21 bits per heavy atom. The minimum Gasteiger partial charge on any atom is -0.349 e. The van der Waals surface area contributed by atoms with E-state index in [0.29, 0.717) is 5.92 Å². The zero-order valence-corrected chi connectivity index (χ0v) is 9.46. The molecule has 0 radical (unpaired) electrons. The molecule has 0 atom stereocenters. The summed E-state index contributed by atoms with van der Waals surface area (Å²) in [6.07, 6.45) is 1.88. The third kappa shape index (κ3) is 3.38. The quantitative estimate of drug-likeness (QED) is 0.744. The van der Waals surface area contributed by atoms with Crippen LogP contribution < -0.4 is 10.2 Å². The Balaban J connectivity index is 2.36. The standard InChI is InChI=1S/C10H20N4/c1-8(2)5-11-6-9-7-12-10(13-9)14(3)4/h7-8,11H,5-6H2,1-4H3,(H,12,13). The third-order valence-electron chi connectivity index (χ3n) is 1.91. The van der Waals surface area contributed by atoms with E-state index in [1.165, 1.54) is 0 Å². The number of imidazole rings is 1. The summed E-state index contributed by atoms with van der Waals surface area (Å²) in [6, 6.07) is 0. The van der Waals surface area contributed by atoms with Gasteiger partial charge in [0.2, 0.25) is 5.95 Å². The molecule has 4 heteroatoms. The van der Waals surface area contributed by atoms with Crippen LogP contribution in [-0.2, 0) is 6.54 Å². The molecular formula is C10H20N4. The predicted molar refractivity (Wildman–Crippen MR) is 59.5 cm³/mol. The Bertz CT molecular complexity index is 265. The lowest BCUT2D eigenvalue weighted by Crippen LogP contribution is -2.19. The van der Waals surface area contributed by atoms with E-state index in [9.17, 15) is 0 Å². The molecule has 0 saturated heterocycles. The molecule has 0 unspecified atom stereocenters. The maximum Gasteiger partial charge on any atom is 0.202 e. The highest BCUT2D eigenvalue weighted by Crippen LogP contribution is 2.04. The molecule has 0 saturated carbocycles. The lowest BCUT2D eigenvalue weighted by molar-refractivity contribution is 0.549. The fourth-order valence-corrected chi connectivity index (χ4v) is 1.16. The van der Waals surface area contributed by atoms with Gasteiger partial charge in [-0.05, 0) is 12.5 Å². The van der Waals surface area contributed by atoms with E-state index in [-0.39, 0.29) is 0 Å². The van der Waals surface area contributed by atoms with Crippen LogP contribution in [0.1, 0.15) is 19.5 Å². The Morgan fingerprint density at radius 3 is 2.71 bits per heavy atom. The van der Waals surface area contributed by atoms with Gasteiger partial charge in [-0.2, -0.15) is 0 Å². The first kappa shape index (κ1) is 11.0.